The van der Waals surface area contributed by atoms with Crippen LogP contribution in [0, 0.1) is 0 Å². The summed E-state index contributed by atoms with van der Waals surface area (Å²) in [6, 6.07) is 15.4. The maximum Gasteiger partial charge on any atom is 0.345 e. The highest BCUT2D eigenvalue weighted by Gasteiger charge is 2.08. The van der Waals surface area contributed by atoms with Gasteiger partial charge in [-0.05, 0) is 36.4 Å². The first-order valence-corrected chi connectivity index (χ1v) is 8.55. The van der Waals surface area contributed by atoms with E-state index in [-0.39, 0.29) is 0 Å². The molecule has 6 heteroatoms. The molecule has 0 saturated heterocycles. The van der Waals surface area contributed by atoms with Crippen molar-refractivity contribution in [1.29, 1.82) is 0 Å². The van der Waals surface area contributed by atoms with Crippen molar-refractivity contribution in [3.63, 3.8) is 0 Å². The van der Waals surface area contributed by atoms with Gasteiger partial charge in [0, 0.05) is 5.38 Å². The molecule has 0 atom stereocenters. The van der Waals surface area contributed by atoms with Gasteiger partial charge in [-0.1, -0.05) is 12.1 Å². The van der Waals surface area contributed by atoms with E-state index < -0.39 is 5.97 Å². The molecule has 1 N–H and O–H groups in total. The minimum absolute atomic E-state index is 0.292. The second-order valence-corrected chi connectivity index (χ2v) is 6.91. The van der Waals surface area contributed by atoms with E-state index in [9.17, 15) is 4.79 Å². The number of hydrogen-bond donors (Lipinski definition) is 1. The van der Waals surface area contributed by atoms with Crippen LogP contribution in [0.25, 0.3) is 20.8 Å². The lowest BCUT2D eigenvalue weighted by molar-refractivity contribution is 0.0702. The molecule has 2 heterocycles. The number of hydrogen-bond acceptors (Lipinski definition) is 5. The van der Waals surface area contributed by atoms with Crippen LogP contribution >= 0.6 is 22.7 Å². The van der Waals surface area contributed by atoms with Crippen molar-refractivity contribution in [2.75, 3.05) is 0 Å². The Morgan fingerprint density at radius 3 is 2.83 bits per heavy atom. The molecule has 0 unspecified atom stereocenters. The van der Waals surface area contributed by atoms with Gasteiger partial charge in [0.1, 0.15) is 4.88 Å². The second kappa shape index (κ2) is 5.57. The summed E-state index contributed by atoms with van der Waals surface area (Å²) in [4.78, 5) is 21.4. The van der Waals surface area contributed by atoms with Gasteiger partial charge in [-0.2, -0.15) is 0 Å². The molecule has 0 spiro atoms. The molecule has 0 fully saturated rings. The van der Waals surface area contributed by atoms with E-state index in [0.29, 0.717) is 10.6 Å². The van der Waals surface area contributed by atoms with Crippen molar-refractivity contribution < 1.29 is 9.90 Å². The number of nitrogens with zero attached hydrogens (tertiary/aromatic N) is 2. The SMILES string of the molecule is O=C(O)c1cc(N=c2ccc3nc4ccccc4sc-3c2)cs1. The standard InChI is InChI=1S/C17H10N2O2S2/c20-17(21)16-8-11(9-22-16)18-10-5-6-13-15(7-10)23-14-4-2-1-3-12(14)19-13/h1-9H,(H,20,21). The van der Waals surface area contributed by atoms with Crippen LogP contribution in [-0.2, 0) is 0 Å². The van der Waals surface area contributed by atoms with Crippen LogP contribution in [0.2, 0.25) is 0 Å². The Morgan fingerprint density at radius 1 is 1.13 bits per heavy atom. The summed E-state index contributed by atoms with van der Waals surface area (Å²) in [5.74, 6) is -0.923. The molecule has 0 radical (unpaired) electrons. The largest absolute Gasteiger partial charge is 0.477 e. The second-order valence-electron chi connectivity index (χ2n) is 4.92. The summed E-state index contributed by atoms with van der Waals surface area (Å²) in [6.07, 6.45) is 0. The maximum atomic E-state index is 10.9. The number of rotatable bonds is 2. The Labute approximate surface area is 139 Å². The number of carboxylic acids is 1. The normalized spacial score (nSPS) is 12.1. The van der Waals surface area contributed by atoms with Gasteiger partial charge in [0.05, 0.1) is 31.8 Å². The Morgan fingerprint density at radius 2 is 2.00 bits per heavy atom. The molecule has 0 saturated carbocycles. The van der Waals surface area contributed by atoms with E-state index >= 15 is 0 Å². The molecule has 0 bridgehead atoms. The summed E-state index contributed by atoms with van der Waals surface area (Å²) >= 11 is 2.85. The molecule has 2 aliphatic rings. The molecule has 1 aliphatic carbocycles. The zero-order valence-electron chi connectivity index (χ0n) is 11.8. The maximum absolute atomic E-state index is 10.9. The summed E-state index contributed by atoms with van der Waals surface area (Å²) in [5, 5.41) is 11.5. The first-order chi connectivity index (χ1) is 11.2. The van der Waals surface area contributed by atoms with Crippen molar-refractivity contribution in [2.24, 2.45) is 4.99 Å². The van der Waals surface area contributed by atoms with E-state index in [1.165, 1.54) is 11.3 Å². The Balaban J connectivity index is 1.84. The fraction of sp³-hybridized carbons (Fsp3) is 0. The minimum atomic E-state index is -0.923. The van der Waals surface area contributed by atoms with E-state index in [1.807, 2.05) is 42.5 Å². The summed E-state index contributed by atoms with van der Waals surface area (Å²) < 4.78 is 1.13. The lowest BCUT2D eigenvalue weighted by Crippen LogP contribution is -2.00. The third kappa shape index (κ3) is 2.74. The van der Waals surface area contributed by atoms with Crippen molar-refractivity contribution in [1.82, 2.24) is 4.98 Å². The predicted molar refractivity (Wildman–Crippen MR) is 92.7 cm³/mol. The first kappa shape index (κ1) is 14.0. The van der Waals surface area contributed by atoms with Gasteiger partial charge >= 0.3 is 5.97 Å². The molecule has 1 aliphatic heterocycles. The van der Waals surface area contributed by atoms with E-state index in [1.54, 1.807) is 22.8 Å². The van der Waals surface area contributed by atoms with Crippen molar-refractivity contribution >= 4 is 44.5 Å². The highest BCUT2D eigenvalue weighted by Crippen LogP contribution is 2.29. The van der Waals surface area contributed by atoms with Crippen molar-refractivity contribution in [3.8, 4) is 10.6 Å². The molecule has 112 valence electrons. The number of para-hydroxylation sites is 1. The number of carbonyl (C=O) groups is 1. The monoisotopic (exact) mass is 338 g/mol. The Hall–Kier alpha value is -2.57. The fourth-order valence-corrected chi connectivity index (χ4v) is 3.93. The number of thiophene rings is 1. The average Bonchev–Trinajstić information content (AvgIpc) is 3.01. The van der Waals surface area contributed by atoms with Crippen molar-refractivity contribution in [2.45, 2.75) is 0 Å². The number of benzene rings is 2. The summed E-state index contributed by atoms with van der Waals surface area (Å²) in [7, 11) is 0. The smallest absolute Gasteiger partial charge is 0.345 e. The molecular weight excluding hydrogens is 328 g/mol. The van der Waals surface area contributed by atoms with Crippen molar-refractivity contribution in [3.05, 3.63) is 64.1 Å². The Kier molecular flexibility index (Phi) is 3.40. The van der Waals surface area contributed by atoms with Crippen LogP contribution in [0.5, 0.6) is 0 Å². The van der Waals surface area contributed by atoms with Crippen LogP contribution in [0.3, 0.4) is 0 Å². The number of aromatic carboxylic acids is 1. The quantitative estimate of drug-likeness (QED) is 0.551. The highest BCUT2D eigenvalue weighted by atomic mass is 32.1. The van der Waals surface area contributed by atoms with Crippen LogP contribution < -0.4 is 5.36 Å². The number of carboxylic acid groups (broad SMARTS) is 1. The summed E-state index contributed by atoms with van der Waals surface area (Å²) in [5.41, 5.74) is 2.58. The zero-order valence-corrected chi connectivity index (χ0v) is 13.4. The molecular formula is C17H10N2O2S2. The molecule has 4 rings (SSSR count). The third-order valence-corrected chi connectivity index (χ3v) is 5.34. The lowest BCUT2D eigenvalue weighted by Gasteiger charge is -2.05. The van der Waals surface area contributed by atoms with Gasteiger partial charge in [-0.15, -0.1) is 22.7 Å². The molecule has 4 nitrogen and oxygen atoms in total. The van der Waals surface area contributed by atoms with E-state index in [2.05, 4.69) is 9.98 Å². The van der Waals surface area contributed by atoms with Gasteiger partial charge in [-0.25, -0.2) is 14.8 Å². The highest BCUT2D eigenvalue weighted by molar-refractivity contribution is 7.21. The van der Waals surface area contributed by atoms with Crippen LogP contribution in [0.15, 0.2) is 58.9 Å². The van der Waals surface area contributed by atoms with Gasteiger partial charge < -0.3 is 5.11 Å². The molecule has 2 aromatic rings. The number of fused-ring (bicyclic) bond motifs is 2. The van der Waals surface area contributed by atoms with Crippen LogP contribution in [0.1, 0.15) is 9.67 Å². The van der Waals surface area contributed by atoms with E-state index in [4.69, 9.17) is 5.11 Å². The average molecular weight is 338 g/mol. The minimum Gasteiger partial charge on any atom is -0.477 e. The van der Waals surface area contributed by atoms with Gasteiger partial charge in [0.2, 0.25) is 0 Å². The van der Waals surface area contributed by atoms with Gasteiger partial charge in [0.25, 0.3) is 0 Å². The predicted octanol–water partition coefficient (Wildman–Crippen LogP) is 4.39. The first-order valence-electron chi connectivity index (χ1n) is 6.85. The number of aromatic nitrogens is 1. The van der Waals surface area contributed by atoms with Gasteiger partial charge in [-0.3, -0.25) is 0 Å². The Bertz CT molecular complexity index is 1070. The van der Waals surface area contributed by atoms with Crippen LogP contribution in [-0.4, -0.2) is 16.1 Å². The molecule has 1 aromatic heterocycles. The topological polar surface area (TPSA) is 62.5 Å². The molecule has 0 amide bonds. The molecule has 1 aromatic carbocycles. The zero-order chi connectivity index (χ0) is 15.8. The molecule has 23 heavy (non-hydrogen) atoms. The van der Waals surface area contributed by atoms with E-state index in [0.717, 1.165) is 26.1 Å². The summed E-state index contributed by atoms with van der Waals surface area (Å²) in [6.45, 7) is 0. The third-order valence-electron chi connectivity index (χ3n) is 3.32. The lowest BCUT2D eigenvalue weighted by atomic mass is 10.2. The fourth-order valence-electron chi connectivity index (χ4n) is 2.28. The van der Waals surface area contributed by atoms with Crippen LogP contribution in [0.4, 0.5) is 5.69 Å². The van der Waals surface area contributed by atoms with Gasteiger partial charge in [0.15, 0.2) is 0 Å².